The lowest BCUT2D eigenvalue weighted by molar-refractivity contribution is -0.139. The van der Waals surface area contributed by atoms with E-state index in [9.17, 15) is 9.59 Å². The van der Waals surface area contributed by atoms with Gasteiger partial charge in [-0.3, -0.25) is 9.59 Å². The molecule has 0 amide bonds. The number of hydrogen-bond donors (Lipinski definition) is 1. The van der Waals surface area contributed by atoms with E-state index in [0.717, 1.165) is 0 Å². The third-order valence-electron chi connectivity index (χ3n) is 1.54. The second-order valence-electron chi connectivity index (χ2n) is 2.84. The monoisotopic (exact) mass is 206 g/mol. The van der Waals surface area contributed by atoms with E-state index in [1.165, 1.54) is 0 Å². The lowest BCUT2D eigenvalue weighted by atomic mass is 10.3. The van der Waals surface area contributed by atoms with Crippen LogP contribution in [-0.2, 0) is 9.59 Å². The number of rotatable bonds is 5. The lowest BCUT2D eigenvalue weighted by Gasteiger charge is -1.91. The molecule has 0 aliphatic heterocycles. The van der Waals surface area contributed by atoms with Gasteiger partial charge in [0, 0.05) is 0 Å². The van der Waals surface area contributed by atoms with E-state index in [0.29, 0.717) is 5.69 Å². The van der Waals surface area contributed by atoms with Crippen molar-refractivity contribution >= 4 is 17.4 Å². The first-order valence-corrected chi connectivity index (χ1v) is 4.34. The average molecular weight is 206 g/mol. The maximum absolute atomic E-state index is 10.9. The molecule has 0 fully saturated rings. The number of carbonyl (C=O) groups excluding carboxylic acids is 1. The van der Waals surface area contributed by atoms with Gasteiger partial charge in [0.1, 0.15) is 13.0 Å². The molecule has 1 N–H and O–H groups in total. The van der Waals surface area contributed by atoms with Crippen molar-refractivity contribution in [3.05, 3.63) is 30.3 Å². The van der Waals surface area contributed by atoms with E-state index in [1.54, 1.807) is 24.3 Å². The lowest BCUT2D eigenvalue weighted by Crippen LogP contribution is -2.08. The van der Waals surface area contributed by atoms with E-state index in [1.807, 2.05) is 6.07 Å². The second-order valence-corrected chi connectivity index (χ2v) is 2.84. The van der Waals surface area contributed by atoms with Gasteiger partial charge in [0.25, 0.3) is 0 Å². The first-order valence-electron chi connectivity index (χ1n) is 4.34. The zero-order valence-corrected chi connectivity index (χ0v) is 7.96. The molecule has 5 heteroatoms. The Morgan fingerprint density at radius 3 is 2.47 bits per heavy atom. The van der Waals surface area contributed by atoms with Gasteiger partial charge in [-0.2, -0.15) is 10.2 Å². The van der Waals surface area contributed by atoms with Crippen LogP contribution in [0.2, 0.25) is 0 Å². The van der Waals surface area contributed by atoms with Crippen molar-refractivity contribution in [3.8, 4) is 0 Å². The minimum Gasteiger partial charge on any atom is -0.481 e. The number of aliphatic carboxylic acids is 1. The Balaban J connectivity index is 2.40. The minimum absolute atomic E-state index is 0.193. The van der Waals surface area contributed by atoms with E-state index >= 15 is 0 Å². The number of azo groups is 1. The smallest absolute Gasteiger partial charge is 0.310 e. The van der Waals surface area contributed by atoms with Gasteiger partial charge in [-0.1, -0.05) is 18.2 Å². The number of ketones is 1. The molecule has 0 aromatic heterocycles. The maximum Gasteiger partial charge on any atom is 0.310 e. The predicted octanol–water partition coefficient (Wildman–Crippen LogP) is 1.81. The predicted molar refractivity (Wildman–Crippen MR) is 53.1 cm³/mol. The van der Waals surface area contributed by atoms with E-state index in [-0.39, 0.29) is 6.54 Å². The Bertz CT molecular complexity index is 374. The molecule has 0 saturated carbocycles. The van der Waals surface area contributed by atoms with E-state index in [4.69, 9.17) is 5.11 Å². The number of benzene rings is 1. The van der Waals surface area contributed by atoms with Crippen molar-refractivity contribution in [1.29, 1.82) is 0 Å². The van der Waals surface area contributed by atoms with E-state index in [2.05, 4.69) is 10.2 Å². The highest BCUT2D eigenvalue weighted by Gasteiger charge is 2.05. The normalized spacial score (nSPS) is 10.4. The Hall–Kier alpha value is -2.04. The SMILES string of the molecule is O=C(O)CC(=O)CN=Nc1ccccc1. The van der Waals surface area contributed by atoms with Gasteiger partial charge in [0.15, 0.2) is 5.78 Å². The summed E-state index contributed by atoms with van der Waals surface area (Å²) in [7, 11) is 0. The summed E-state index contributed by atoms with van der Waals surface area (Å²) in [6.45, 7) is -0.193. The molecule has 0 radical (unpaired) electrons. The van der Waals surface area contributed by atoms with Crippen molar-refractivity contribution in [1.82, 2.24) is 0 Å². The number of nitrogens with zero attached hydrogens (tertiary/aromatic N) is 2. The summed E-state index contributed by atoms with van der Waals surface area (Å²) < 4.78 is 0. The summed E-state index contributed by atoms with van der Waals surface area (Å²) in [5.41, 5.74) is 0.639. The van der Waals surface area contributed by atoms with Crippen LogP contribution in [0.25, 0.3) is 0 Å². The molecule has 15 heavy (non-hydrogen) atoms. The van der Waals surface area contributed by atoms with E-state index < -0.39 is 18.2 Å². The summed E-state index contributed by atoms with van der Waals surface area (Å²) in [4.78, 5) is 21.1. The highest BCUT2D eigenvalue weighted by Crippen LogP contribution is 2.09. The van der Waals surface area contributed by atoms with Gasteiger partial charge in [-0.15, -0.1) is 0 Å². The molecule has 5 nitrogen and oxygen atoms in total. The maximum atomic E-state index is 10.9. The first kappa shape index (κ1) is 11.0. The fraction of sp³-hybridized carbons (Fsp3) is 0.200. The molecule has 0 aliphatic carbocycles. The van der Waals surface area contributed by atoms with Crippen molar-refractivity contribution in [2.24, 2.45) is 10.2 Å². The average Bonchev–Trinajstić information content (AvgIpc) is 2.18. The zero-order chi connectivity index (χ0) is 11.1. The molecule has 0 saturated heterocycles. The summed E-state index contributed by atoms with van der Waals surface area (Å²) >= 11 is 0. The third kappa shape index (κ3) is 4.66. The third-order valence-corrected chi connectivity index (χ3v) is 1.54. The van der Waals surface area contributed by atoms with Gasteiger partial charge in [-0.25, -0.2) is 0 Å². The van der Waals surface area contributed by atoms with Crippen LogP contribution in [-0.4, -0.2) is 23.4 Å². The Labute approximate surface area is 86.5 Å². The van der Waals surface area contributed by atoms with Gasteiger partial charge in [0.05, 0.1) is 5.69 Å². The molecule has 1 aromatic rings. The first-order chi connectivity index (χ1) is 7.18. The summed E-state index contributed by atoms with van der Waals surface area (Å²) in [5, 5.41) is 15.7. The summed E-state index contributed by atoms with van der Waals surface area (Å²) in [6.07, 6.45) is -0.506. The standard InChI is InChI=1S/C10H10N2O3/c13-9(6-10(14)15)7-11-12-8-4-2-1-3-5-8/h1-5H,6-7H2,(H,14,15). The Kier molecular flexibility index (Phi) is 4.15. The summed E-state index contributed by atoms with van der Waals surface area (Å²) in [6, 6.07) is 8.92. The Morgan fingerprint density at radius 2 is 1.87 bits per heavy atom. The number of carboxylic acid groups (broad SMARTS) is 1. The van der Waals surface area contributed by atoms with Crippen molar-refractivity contribution in [2.45, 2.75) is 6.42 Å². The van der Waals surface area contributed by atoms with Gasteiger partial charge in [0.2, 0.25) is 0 Å². The quantitative estimate of drug-likeness (QED) is 0.589. The van der Waals surface area contributed by atoms with Crippen LogP contribution in [0.1, 0.15) is 6.42 Å². The molecule has 0 spiro atoms. The largest absolute Gasteiger partial charge is 0.481 e. The van der Waals surface area contributed by atoms with Crippen LogP contribution in [0.5, 0.6) is 0 Å². The molecule has 1 aromatic carbocycles. The molecule has 0 unspecified atom stereocenters. The number of Topliss-reactive ketones (excluding diaryl/α,β-unsaturated/α-hetero) is 1. The molecular formula is C10H10N2O3. The van der Waals surface area contributed by atoms with Crippen LogP contribution in [0, 0.1) is 0 Å². The number of hydrogen-bond acceptors (Lipinski definition) is 4. The van der Waals surface area contributed by atoms with Crippen molar-refractivity contribution in [2.75, 3.05) is 6.54 Å². The fourth-order valence-corrected chi connectivity index (χ4v) is 0.915. The molecule has 0 heterocycles. The number of carbonyl (C=O) groups is 2. The molecular weight excluding hydrogens is 196 g/mol. The molecule has 78 valence electrons. The van der Waals surface area contributed by atoms with Crippen LogP contribution in [0.3, 0.4) is 0 Å². The Morgan fingerprint density at radius 1 is 1.20 bits per heavy atom. The zero-order valence-electron chi connectivity index (χ0n) is 7.96. The van der Waals surface area contributed by atoms with Crippen LogP contribution in [0.15, 0.2) is 40.6 Å². The molecule has 0 aliphatic rings. The second kappa shape index (κ2) is 5.64. The highest BCUT2D eigenvalue weighted by atomic mass is 16.4. The van der Waals surface area contributed by atoms with Crippen molar-refractivity contribution in [3.63, 3.8) is 0 Å². The van der Waals surface area contributed by atoms with Crippen molar-refractivity contribution < 1.29 is 14.7 Å². The number of carboxylic acids is 1. The van der Waals surface area contributed by atoms with Gasteiger partial charge in [-0.05, 0) is 12.1 Å². The minimum atomic E-state index is -1.14. The molecule has 0 bridgehead atoms. The van der Waals surface area contributed by atoms with Gasteiger partial charge < -0.3 is 5.11 Å². The highest BCUT2D eigenvalue weighted by molar-refractivity contribution is 5.95. The van der Waals surface area contributed by atoms with Crippen LogP contribution in [0.4, 0.5) is 5.69 Å². The fourth-order valence-electron chi connectivity index (χ4n) is 0.915. The van der Waals surface area contributed by atoms with Gasteiger partial charge >= 0.3 is 5.97 Å². The molecule has 1 rings (SSSR count). The summed E-state index contributed by atoms with van der Waals surface area (Å²) in [5.74, 6) is -1.60. The van der Waals surface area contributed by atoms with Crippen LogP contribution >= 0.6 is 0 Å². The van der Waals surface area contributed by atoms with Crippen LogP contribution < -0.4 is 0 Å². The molecule has 0 atom stereocenters. The topological polar surface area (TPSA) is 79.1 Å².